The maximum absolute atomic E-state index is 3.59. The smallest absolute Gasteiger partial charge is 0.0637 e. The normalized spacial score (nSPS) is 23.3. The van der Waals surface area contributed by atoms with Crippen LogP contribution >= 0.6 is 0 Å². The van der Waals surface area contributed by atoms with Gasteiger partial charge in [-0.1, -0.05) is 19.1 Å². The van der Waals surface area contributed by atoms with E-state index in [-0.39, 0.29) is 0 Å². The highest BCUT2D eigenvalue weighted by Crippen LogP contribution is 2.38. The van der Waals surface area contributed by atoms with E-state index in [0.29, 0.717) is 0 Å². The van der Waals surface area contributed by atoms with Crippen molar-refractivity contribution in [3.8, 4) is 0 Å². The predicted octanol–water partition coefficient (Wildman–Crippen LogP) is 3.03. The molecule has 1 aromatic rings. The lowest BCUT2D eigenvalue weighted by atomic mass is 9.95. The van der Waals surface area contributed by atoms with Gasteiger partial charge in [0.1, 0.15) is 0 Å². The molecule has 0 aliphatic carbocycles. The van der Waals surface area contributed by atoms with E-state index in [4.69, 9.17) is 0 Å². The Balaban J connectivity index is 2.05. The minimum Gasteiger partial charge on any atom is -0.381 e. The van der Waals surface area contributed by atoms with E-state index in [0.717, 1.165) is 19.0 Å². The first-order valence-electron chi connectivity index (χ1n) is 6.52. The zero-order valence-electron chi connectivity index (χ0n) is 10.00. The zero-order valence-corrected chi connectivity index (χ0v) is 10.00. The maximum Gasteiger partial charge on any atom is 0.0637 e. The average molecular weight is 216 g/mol. The number of hydrogen-bond donors (Lipinski definition) is 1. The van der Waals surface area contributed by atoms with Crippen LogP contribution in [0.2, 0.25) is 0 Å². The lowest BCUT2D eigenvalue weighted by molar-refractivity contribution is 0.465. The number of benzene rings is 1. The van der Waals surface area contributed by atoms with Gasteiger partial charge in [0.15, 0.2) is 0 Å². The van der Waals surface area contributed by atoms with Crippen LogP contribution in [0.4, 0.5) is 11.4 Å². The van der Waals surface area contributed by atoms with Gasteiger partial charge in [-0.25, -0.2) is 0 Å². The first kappa shape index (κ1) is 10.0. The Morgan fingerprint density at radius 2 is 2.31 bits per heavy atom. The summed E-state index contributed by atoms with van der Waals surface area (Å²) in [5.41, 5.74) is 4.33. The number of fused-ring (bicyclic) bond motifs is 3. The number of piperidine rings is 1. The SMILES string of the molecule is CCc1cccc2c1N1CCCCC1CN2. The quantitative estimate of drug-likeness (QED) is 0.776. The molecule has 0 spiro atoms. The predicted molar refractivity (Wildman–Crippen MR) is 69.3 cm³/mol. The van der Waals surface area contributed by atoms with Gasteiger partial charge in [0.05, 0.1) is 11.4 Å². The van der Waals surface area contributed by atoms with E-state index in [1.165, 1.54) is 42.7 Å². The Hall–Kier alpha value is -1.18. The van der Waals surface area contributed by atoms with E-state index in [1.54, 1.807) is 0 Å². The fourth-order valence-corrected chi connectivity index (χ4v) is 3.09. The molecule has 2 heterocycles. The molecule has 3 rings (SSSR count). The molecular weight excluding hydrogens is 196 g/mol. The monoisotopic (exact) mass is 216 g/mol. The molecule has 0 aromatic heterocycles. The van der Waals surface area contributed by atoms with E-state index >= 15 is 0 Å². The minimum absolute atomic E-state index is 0.731. The van der Waals surface area contributed by atoms with Crippen LogP contribution < -0.4 is 10.2 Å². The van der Waals surface area contributed by atoms with Crippen LogP contribution in [-0.2, 0) is 6.42 Å². The number of hydrogen-bond acceptors (Lipinski definition) is 2. The van der Waals surface area contributed by atoms with Crippen LogP contribution in [0.1, 0.15) is 31.7 Å². The van der Waals surface area contributed by atoms with Crippen molar-refractivity contribution in [3.05, 3.63) is 23.8 Å². The molecule has 2 aliphatic heterocycles. The van der Waals surface area contributed by atoms with Crippen molar-refractivity contribution in [2.75, 3.05) is 23.3 Å². The Morgan fingerprint density at radius 1 is 1.38 bits per heavy atom. The molecule has 1 fully saturated rings. The minimum atomic E-state index is 0.731. The molecule has 1 atom stereocenters. The fourth-order valence-electron chi connectivity index (χ4n) is 3.09. The standard InChI is InChI=1S/C14H20N2/c1-2-11-6-5-8-13-14(11)16-9-4-3-7-12(16)10-15-13/h5-6,8,12,15H,2-4,7,9-10H2,1H3. The summed E-state index contributed by atoms with van der Waals surface area (Å²) in [4.78, 5) is 2.65. The Bertz CT molecular complexity index is 372. The molecule has 1 aromatic carbocycles. The van der Waals surface area contributed by atoms with Gasteiger partial charge in [-0.3, -0.25) is 0 Å². The summed E-state index contributed by atoms with van der Waals surface area (Å²) in [7, 11) is 0. The number of rotatable bonds is 1. The van der Waals surface area contributed by atoms with E-state index in [2.05, 4.69) is 35.3 Å². The molecule has 0 radical (unpaired) electrons. The number of nitrogens with zero attached hydrogens (tertiary/aromatic N) is 1. The third-order valence-corrected chi connectivity index (χ3v) is 3.94. The molecule has 86 valence electrons. The second-order valence-electron chi connectivity index (χ2n) is 4.89. The van der Waals surface area contributed by atoms with Crippen LogP contribution in [0, 0.1) is 0 Å². The summed E-state index contributed by atoms with van der Waals surface area (Å²) in [6.07, 6.45) is 5.24. The Morgan fingerprint density at radius 3 is 3.19 bits per heavy atom. The Kier molecular flexibility index (Phi) is 2.50. The summed E-state index contributed by atoms with van der Waals surface area (Å²) >= 11 is 0. The molecule has 1 unspecified atom stereocenters. The summed E-state index contributed by atoms with van der Waals surface area (Å²) in [5, 5.41) is 3.59. The molecule has 0 bridgehead atoms. The van der Waals surface area contributed by atoms with Crippen molar-refractivity contribution in [1.29, 1.82) is 0 Å². The van der Waals surface area contributed by atoms with Gasteiger partial charge >= 0.3 is 0 Å². The molecule has 0 saturated carbocycles. The Labute approximate surface area is 97.6 Å². The van der Waals surface area contributed by atoms with Gasteiger partial charge in [0.2, 0.25) is 0 Å². The third-order valence-electron chi connectivity index (χ3n) is 3.94. The topological polar surface area (TPSA) is 15.3 Å². The fraction of sp³-hybridized carbons (Fsp3) is 0.571. The van der Waals surface area contributed by atoms with Gasteiger partial charge in [-0.05, 0) is 37.3 Å². The summed E-state index contributed by atoms with van der Waals surface area (Å²) in [5.74, 6) is 0. The largest absolute Gasteiger partial charge is 0.381 e. The number of anilines is 2. The van der Waals surface area contributed by atoms with E-state index in [9.17, 15) is 0 Å². The van der Waals surface area contributed by atoms with Crippen molar-refractivity contribution in [2.24, 2.45) is 0 Å². The van der Waals surface area contributed by atoms with Crippen LogP contribution in [0.15, 0.2) is 18.2 Å². The summed E-state index contributed by atoms with van der Waals surface area (Å²) < 4.78 is 0. The maximum atomic E-state index is 3.59. The first-order chi connectivity index (χ1) is 7.90. The molecule has 1 N–H and O–H groups in total. The first-order valence-corrected chi connectivity index (χ1v) is 6.52. The summed E-state index contributed by atoms with van der Waals surface area (Å²) in [6, 6.07) is 7.40. The lowest BCUT2D eigenvalue weighted by Crippen LogP contribution is -2.47. The second-order valence-corrected chi connectivity index (χ2v) is 4.89. The second kappa shape index (κ2) is 4.00. The lowest BCUT2D eigenvalue weighted by Gasteiger charge is -2.43. The van der Waals surface area contributed by atoms with E-state index in [1.807, 2.05) is 0 Å². The summed E-state index contributed by atoms with van der Waals surface area (Å²) in [6.45, 7) is 4.62. The highest BCUT2D eigenvalue weighted by atomic mass is 15.2. The molecule has 2 nitrogen and oxygen atoms in total. The van der Waals surface area contributed by atoms with Crippen molar-refractivity contribution < 1.29 is 0 Å². The molecule has 0 amide bonds. The van der Waals surface area contributed by atoms with Gasteiger partial charge in [-0.15, -0.1) is 0 Å². The van der Waals surface area contributed by atoms with Crippen molar-refractivity contribution in [2.45, 2.75) is 38.6 Å². The van der Waals surface area contributed by atoms with Crippen LogP contribution in [-0.4, -0.2) is 19.1 Å². The molecular formula is C14H20N2. The average Bonchev–Trinajstić information content (AvgIpc) is 2.37. The van der Waals surface area contributed by atoms with Crippen molar-refractivity contribution in [1.82, 2.24) is 0 Å². The van der Waals surface area contributed by atoms with Gasteiger partial charge in [0, 0.05) is 19.1 Å². The van der Waals surface area contributed by atoms with Gasteiger partial charge < -0.3 is 10.2 Å². The van der Waals surface area contributed by atoms with Crippen molar-refractivity contribution >= 4 is 11.4 Å². The highest BCUT2D eigenvalue weighted by Gasteiger charge is 2.29. The van der Waals surface area contributed by atoms with Crippen LogP contribution in [0.25, 0.3) is 0 Å². The van der Waals surface area contributed by atoms with Gasteiger partial charge in [0.25, 0.3) is 0 Å². The van der Waals surface area contributed by atoms with Crippen LogP contribution in [0.3, 0.4) is 0 Å². The zero-order chi connectivity index (χ0) is 11.0. The van der Waals surface area contributed by atoms with Crippen molar-refractivity contribution in [3.63, 3.8) is 0 Å². The third kappa shape index (κ3) is 1.48. The molecule has 16 heavy (non-hydrogen) atoms. The van der Waals surface area contributed by atoms with Crippen LogP contribution in [0.5, 0.6) is 0 Å². The highest BCUT2D eigenvalue weighted by molar-refractivity contribution is 5.76. The number of nitrogens with one attached hydrogen (secondary N) is 1. The number of para-hydroxylation sites is 1. The number of aryl methyl sites for hydroxylation is 1. The van der Waals surface area contributed by atoms with E-state index < -0.39 is 0 Å². The molecule has 2 aliphatic rings. The molecule has 2 heteroatoms. The van der Waals surface area contributed by atoms with Gasteiger partial charge in [-0.2, -0.15) is 0 Å². The molecule has 1 saturated heterocycles.